The third-order valence-corrected chi connectivity index (χ3v) is 3.79. The lowest BCUT2D eigenvalue weighted by Gasteiger charge is -2.18. The van der Waals surface area contributed by atoms with E-state index in [9.17, 15) is 0 Å². The van der Waals surface area contributed by atoms with Gasteiger partial charge in [-0.05, 0) is 29.7 Å². The van der Waals surface area contributed by atoms with Crippen LogP contribution in [0, 0.1) is 0 Å². The van der Waals surface area contributed by atoms with Gasteiger partial charge in [0.1, 0.15) is 0 Å². The highest BCUT2D eigenvalue weighted by Gasteiger charge is 2.12. The Bertz CT molecular complexity index is 513. The standard InChI is InChI=1S/C18H22ClNO/c1-21-12-11-20-14-17(16-5-3-2-4-6-16)13-15-7-9-18(19)10-8-15/h2-10,17,20H,11-14H2,1H3. The zero-order valence-electron chi connectivity index (χ0n) is 12.4. The van der Waals surface area contributed by atoms with E-state index in [4.69, 9.17) is 16.3 Å². The highest BCUT2D eigenvalue weighted by atomic mass is 35.5. The number of halogens is 1. The predicted octanol–water partition coefficient (Wildman–Crippen LogP) is 3.90. The largest absolute Gasteiger partial charge is 0.383 e. The molecule has 0 heterocycles. The Kier molecular flexibility index (Phi) is 6.74. The molecule has 21 heavy (non-hydrogen) atoms. The molecular weight excluding hydrogens is 282 g/mol. The summed E-state index contributed by atoms with van der Waals surface area (Å²) >= 11 is 5.96. The third kappa shape index (κ3) is 5.50. The molecular formula is C18H22ClNO. The Morgan fingerprint density at radius 3 is 2.43 bits per heavy atom. The van der Waals surface area contributed by atoms with Crippen molar-refractivity contribution in [3.05, 3.63) is 70.7 Å². The van der Waals surface area contributed by atoms with Gasteiger partial charge in [0.05, 0.1) is 6.61 Å². The average Bonchev–Trinajstić information content (AvgIpc) is 2.53. The van der Waals surface area contributed by atoms with E-state index in [0.29, 0.717) is 5.92 Å². The first-order chi connectivity index (χ1) is 10.3. The lowest BCUT2D eigenvalue weighted by molar-refractivity contribution is 0.199. The highest BCUT2D eigenvalue weighted by molar-refractivity contribution is 6.30. The molecule has 0 aliphatic carbocycles. The summed E-state index contributed by atoms with van der Waals surface area (Å²) in [6.07, 6.45) is 1.00. The summed E-state index contributed by atoms with van der Waals surface area (Å²) in [6, 6.07) is 18.8. The number of ether oxygens (including phenoxy) is 1. The van der Waals surface area contributed by atoms with Gasteiger partial charge in [-0.15, -0.1) is 0 Å². The molecule has 2 aromatic carbocycles. The maximum atomic E-state index is 5.96. The second-order valence-electron chi connectivity index (χ2n) is 5.14. The van der Waals surface area contributed by atoms with E-state index < -0.39 is 0 Å². The van der Waals surface area contributed by atoms with Crippen LogP contribution >= 0.6 is 11.6 Å². The molecule has 1 unspecified atom stereocenters. The molecule has 3 heteroatoms. The van der Waals surface area contributed by atoms with Crippen molar-refractivity contribution < 1.29 is 4.74 Å². The number of hydrogen-bond acceptors (Lipinski definition) is 2. The van der Waals surface area contributed by atoms with Crippen LogP contribution in [0.2, 0.25) is 5.02 Å². The van der Waals surface area contributed by atoms with E-state index in [1.165, 1.54) is 11.1 Å². The van der Waals surface area contributed by atoms with Crippen LogP contribution in [0.3, 0.4) is 0 Å². The van der Waals surface area contributed by atoms with Gasteiger partial charge >= 0.3 is 0 Å². The highest BCUT2D eigenvalue weighted by Crippen LogP contribution is 2.21. The van der Waals surface area contributed by atoms with Crippen LogP contribution in [0.25, 0.3) is 0 Å². The molecule has 0 aliphatic rings. The van der Waals surface area contributed by atoms with Gasteiger partial charge in [0, 0.05) is 31.1 Å². The van der Waals surface area contributed by atoms with Gasteiger partial charge in [-0.3, -0.25) is 0 Å². The third-order valence-electron chi connectivity index (χ3n) is 3.54. The van der Waals surface area contributed by atoms with Crippen molar-refractivity contribution in [3.8, 4) is 0 Å². The zero-order chi connectivity index (χ0) is 14.9. The average molecular weight is 304 g/mol. The van der Waals surface area contributed by atoms with Gasteiger partial charge < -0.3 is 10.1 Å². The Morgan fingerprint density at radius 2 is 1.76 bits per heavy atom. The minimum Gasteiger partial charge on any atom is -0.383 e. The topological polar surface area (TPSA) is 21.3 Å². The summed E-state index contributed by atoms with van der Waals surface area (Å²) in [5.74, 6) is 0.448. The second kappa shape index (κ2) is 8.83. The summed E-state index contributed by atoms with van der Waals surface area (Å²) in [4.78, 5) is 0. The number of rotatable bonds is 8. The van der Waals surface area contributed by atoms with Gasteiger partial charge in [0.2, 0.25) is 0 Å². The number of hydrogen-bond donors (Lipinski definition) is 1. The second-order valence-corrected chi connectivity index (χ2v) is 5.57. The van der Waals surface area contributed by atoms with E-state index in [0.717, 1.165) is 31.1 Å². The van der Waals surface area contributed by atoms with Crippen molar-refractivity contribution in [2.24, 2.45) is 0 Å². The molecule has 0 saturated carbocycles. The van der Waals surface area contributed by atoms with Gasteiger partial charge in [-0.25, -0.2) is 0 Å². The van der Waals surface area contributed by atoms with Crippen molar-refractivity contribution in [3.63, 3.8) is 0 Å². The smallest absolute Gasteiger partial charge is 0.0587 e. The molecule has 0 amide bonds. The molecule has 1 atom stereocenters. The van der Waals surface area contributed by atoms with E-state index in [1.54, 1.807) is 7.11 Å². The first-order valence-electron chi connectivity index (χ1n) is 7.28. The van der Waals surface area contributed by atoms with Crippen LogP contribution in [0.15, 0.2) is 54.6 Å². The molecule has 2 aromatic rings. The van der Waals surface area contributed by atoms with Crippen molar-refractivity contribution in [2.75, 3.05) is 26.8 Å². The van der Waals surface area contributed by atoms with Crippen LogP contribution in [0.1, 0.15) is 17.0 Å². The molecule has 2 nitrogen and oxygen atoms in total. The van der Waals surface area contributed by atoms with Crippen molar-refractivity contribution >= 4 is 11.6 Å². The van der Waals surface area contributed by atoms with Crippen LogP contribution in [-0.2, 0) is 11.2 Å². The fourth-order valence-corrected chi connectivity index (χ4v) is 2.51. The summed E-state index contributed by atoms with van der Waals surface area (Å²) in [6.45, 7) is 2.55. The van der Waals surface area contributed by atoms with Crippen LogP contribution < -0.4 is 5.32 Å². The van der Waals surface area contributed by atoms with Crippen LogP contribution in [0.4, 0.5) is 0 Å². The predicted molar refractivity (Wildman–Crippen MR) is 89.1 cm³/mol. The Labute approximate surface area is 132 Å². The molecule has 0 bridgehead atoms. The quantitative estimate of drug-likeness (QED) is 0.747. The number of methoxy groups -OCH3 is 1. The lowest BCUT2D eigenvalue weighted by Crippen LogP contribution is -2.26. The lowest BCUT2D eigenvalue weighted by atomic mass is 9.92. The van der Waals surface area contributed by atoms with Crippen molar-refractivity contribution in [1.82, 2.24) is 5.32 Å². The molecule has 112 valence electrons. The monoisotopic (exact) mass is 303 g/mol. The van der Waals surface area contributed by atoms with Gasteiger partial charge in [-0.2, -0.15) is 0 Å². The summed E-state index contributed by atoms with van der Waals surface area (Å²) < 4.78 is 5.08. The van der Waals surface area contributed by atoms with Gasteiger partial charge in [0.15, 0.2) is 0 Å². The van der Waals surface area contributed by atoms with Crippen LogP contribution in [-0.4, -0.2) is 26.8 Å². The van der Waals surface area contributed by atoms with Gasteiger partial charge in [-0.1, -0.05) is 54.1 Å². The maximum absolute atomic E-state index is 5.96. The normalized spacial score (nSPS) is 12.3. The Morgan fingerprint density at radius 1 is 1.05 bits per heavy atom. The summed E-state index contributed by atoms with van der Waals surface area (Å²) in [5.41, 5.74) is 2.67. The molecule has 0 spiro atoms. The van der Waals surface area contributed by atoms with Crippen molar-refractivity contribution in [2.45, 2.75) is 12.3 Å². The molecule has 2 rings (SSSR count). The molecule has 0 radical (unpaired) electrons. The van der Waals surface area contributed by atoms with E-state index in [1.807, 2.05) is 12.1 Å². The summed E-state index contributed by atoms with van der Waals surface area (Å²) in [5, 5.41) is 4.25. The summed E-state index contributed by atoms with van der Waals surface area (Å²) in [7, 11) is 1.73. The SMILES string of the molecule is COCCNCC(Cc1ccc(Cl)cc1)c1ccccc1. The first-order valence-corrected chi connectivity index (χ1v) is 7.66. The number of benzene rings is 2. The van der Waals surface area contributed by atoms with Crippen LogP contribution in [0.5, 0.6) is 0 Å². The minimum absolute atomic E-state index is 0.448. The molecule has 0 aromatic heterocycles. The Balaban J connectivity index is 2.02. The fourth-order valence-electron chi connectivity index (χ4n) is 2.39. The van der Waals surface area contributed by atoms with E-state index in [2.05, 4.69) is 47.8 Å². The fraction of sp³-hybridized carbons (Fsp3) is 0.333. The number of nitrogens with one attached hydrogen (secondary N) is 1. The van der Waals surface area contributed by atoms with Crippen molar-refractivity contribution in [1.29, 1.82) is 0 Å². The molecule has 0 fully saturated rings. The molecule has 1 N–H and O–H groups in total. The van der Waals surface area contributed by atoms with E-state index in [-0.39, 0.29) is 0 Å². The maximum Gasteiger partial charge on any atom is 0.0587 e. The molecule has 0 saturated heterocycles. The minimum atomic E-state index is 0.448. The van der Waals surface area contributed by atoms with Gasteiger partial charge in [0.25, 0.3) is 0 Å². The molecule has 0 aliphatic heterocycles. The first kappa shape index (κ1) is 16.0. The Hall–Kier alpha value is -1.35. The van der Waals surface area contributed by atoms with E-state index >= 15 is 0 Å². The zero-order valence-corrected chi connectivity index (χ0v) is 13.1.